The van der Waals surface area contributed by atoms with Crippen molar-refractivity contribution in [3.8, 4) is 0 Å². The number of nitrogens with two attached hydrogens (primary N) is 1. The molecule has 1 atom stereocenters. The molecule has 224 valence electrons. The van der Waals surface area contributed by atoms with E-state index in [1.165, 1.54) is 32.1 Å². The Bertz CT molecular complexity index is 1300. The molecule has 3 aromatic rings. The molecule has 1 aliphatic heterocycles. The van der Waals surface area contributed by atoms with Crippen molar-refractivity contribution in [1.82, 2.24) is 25.0 Å². The maximum Gasteiger partial charge on any atom is 0.245 e. The van der Waals surface area contributed by atoms with Gasteiger partial charge in [0.1, 0.15) is 18.7 Å². The summed E-state index contributed by atoms with van der Waals surface area (Å²) < 4.78 is 1.97. The Balaban J connectivity index is 1.27. The lowest BCUT2D eigenvalue weighted by Gasteiger charge is -2.48. The van der Waals surface area contributed by atoms with E-state index in [0.29, 0.717) is 49.8 Å². The second kappa shape index (κ2) is 14.3. The van der Waals surface area contributed by atoms with Crippen LogP contribution >= 0.6 is 11.6 Å². The third-order valence-electron chi connectivity index (χ3n) is 9.43. The Kier molecular flexibility index (Phi) is 10.3. The number of likely N-dealkylation sites (tertiary alicyclic amines) is 1. The minimum Gasteiger partial charge on any atom is -0.344 e. The number of nitrogens with one attached hydrogen (secondary N) is 1. The lowest BCUT2D eigenvalue weighted by atomic mass is 9.63. The van der Waals surface area contributed by atoms with Gasteiger partial charge in [-0.1, -0.05) is 67.3 Å². The fourth-order valence-corrected chi connectivity index (χ4v) is 7.14. The molecule has 0 spiro atoms. The van der Waals surface area contributed by atoms with Crippen LogP contribution in [0.25, 0.3) is 0 Å². The van der Waals surface area contributed by atoms with Gasteiger partial charge < -0.3 is 16.0 Å². The Hall–Kier alpha value is -3.23. The molecule has 8 nitrogen and oxygen atoms in total. The SMILES string of the molecule is NCc1ccccc1CCC(=O)N[C@H](Cc1ccc(Cl)cc1)C(=O)N1CCC(Cn2cncn2)(C2CCCCC2)CC1. The molecular weight excluding hydrogens is 548 g/mol. The van der Waals surface area contributed by atoms with Gasteiger partial charge in [-0.05, 0) is 72.3 Å². The molecule has 5 rings (SSSR count). The normalized spacial score (nSPS) is 18.0. The standard InChI is InChI=1S/C33H43ClN6O2/c34-29-13-10-25(11-14-29)20-30(38-31(41)15-12-26-6-4-5-7-27(26)21-35)32(42)39-18-16-33(17-19-39,22-40-24-36-23-37-40)28-8-2-1-3-9-28/h4-7,10-11,13-14,23-24,28,30H,1-3,8-9,12,15-22,35H2,(H,38,41)/t30-/m1/s1. The monoisotopic (exact) mass is 590 g/mol. The second-order valence-electron chi connectivity index (χ2n) is 12.0. The molecular formula is C33H43ClN6O2. The van der Waals surface area contributed by atoms with Crippen LogP contribution in [0.5, 0.6) is 0 Å². The molecule has 1 aromatic heterocycles. The van der Waals surface area contributed by atoms with Crippen molar-refractivity contribution in [3.63, 3.8) is 0 Å². The van der Waals surface area contributed by atoms with Crippen LogP contribution in [0.4, 0.5) is 0 Å². The van der Waals surface area contributed by atoms with E-state index >= 15 is 0 Å². The molecule has 0 radical (unpaired) electrons. The van der Waals surface area contributed by atoms with Crippen molar-refractivity contribution in [3.05, 3.63) is 82.9 Å². The zero-order chi connectivity index (χ0) is 29.4. The highest BCUT2D eigenvalue weighted by atomic mass is 35.5. The van der Waals surface area contributed by atoms with Crippen molar-refractivity contribution in [2.75, 3.05) is 13.1 Å². The van der Waals surface area contributed by atoms with Gasteiger partial charge in [-0.3, -0.25) is 14.3 Å². The van der Waals surface area contributed by atoms with E-state index in [9.17, 15) is 9.59 Å². The van der Waals surface area contributed by atoms with E-state index < -0.39 is 6.04 Å². The van der Waals surface area contributed by atoms with Crippen LogP contribution in [0.1, 0.15) is 68.1 Å². The van der Waals surface area contributed by atoms with E-state index in [-0.39, 0.29) is 17.2 Å². The summed E-state index contributed by atoms with van der Waals surface area (Å²) in [5.41, 5.74) is 9.07. The fraction of sp³-hybridized carbons (Fsp3) is 0.515. The second-order valence-corrected chi connectivity index (χ2v) is 12.5. The minimum absolute atomic E-state index is 0.0151. The molecule has 1 aliphatic carbocycles. The highest BCUT2D eigenvalue weighted by Gasteiger charge is 2.43. The smallest absolute Gasteiger partial charge is 0.245 e. The van der Waals surface area contributed by atoms with Gasteiger partial charge in [-0.2, -0.15) is 5.10 Å². The van der Waals surface area contributed by atoms with E-state index in [0.717, 1.165) is 36.1 Å². The number of aromatic nitrogens is 3. The summed E-state index contributed by atoms with van der Waals surface area (Å²) in [6, 6.07) is 14.8. The van der Waals surface area contributed by atoms with Crippen LogP contribution in [0.2, 0.25) is 5.02 Å². The lowest BCUT2D eigenvalue weighted by molar-refractivity contribution is -0.139. The summed E-state index contributed by atoms with van der Waals surface area (Å²) in [5.74, 6) is 0.487. The number of benzene rings is 2. The van der Waals surface area contributed by atoms with Crippen LogP contribution in [-0.2, 0) is 35.5 Å². The molecule has 2 fully saturated rings. The topological polar surface area (TPSA) is 106 Å². The van der Waals surface area contributed by atoms with E-state index in [1.54, 1.807) is 6.33 Å². The molecule has 1 saturated carbocycles. The van der Waals surface area contributed by atoms with Crippen molar-refractivity contribution in [2.24, 2.45) is 17.1 Å². The summed E-state index contributed by atoms with van der Waals surface area (Å²) in [4.78, 5) is 33.4. The van der Waals surface area contributed by atoms with Gasteiger partial charge in [-0.15, -0.1) is 0 Å². The summed E-state index contributed by atoms with van der Waals surface area (Å²) in [5, 5.41) is 8.16. The number of nitrogens with zero attached hydrogens (tertiary/aromatic N) is 4. The first-order valence-electron chi connectivity index (χ1n) is 15.4. The number of carbonyl (C=O) groups excluding carboxylic acids is 2. The van der Waals surface area contributed by atoms with Gasteiger partial charge in [0.25, 0.3) is 0 Å². The number of rotatable bonds is 11. The highest BCUT2D eigenvalue weighted by Crippen LogP contribution is 2.47. The molecule has 2 amide bonds. The number of aryl methyl sites for hydroxylation is 1. The van der Waals surface area contributed by atoms with Crippen molar-refractivity contribution < 1.29 is 9.59 Å². The number of hydrogen-bond acceptors (Lipinski definition) is 5. The van der Waals surface area contributed by atoms with Crippen LogP contribution in [-0.4, -0.2) is 50.6 Å². The predicted molar refractivity (Wildman–Crippen MR) is 165 cm³/mol. The largest absolute Gasteiger partial charge is 0.344 e. The van der Waals surface area contributed by atoms with Gasteiger partial charge in [0.05, 0.1) is 0 Å². The third-order valence-corrected chi connectivity index (χ3v) is 9.68. The Morgan fingerprint density at radius 1 is 1.02 bits per heavy atom. The highest BCUT2D eigenvalue weighted by molar-refractivity contribution is 6.30. The zero-order valence-corrected chi connectivity index (χ0v) is 25.1. The average molecular weight is 591 g/mol. The average Bonchev–Trinajstić information content (AvgIpc) is 3.54. The molecule has 9 heteroatoms. The third kappa shape index (κ3) is 7.58. The molecule has 2 heterocycles. The number of halogens is 1. The Labute approximate surface area is 254 Å². The molecule has 3 N–H and O–H groups in total. The molecule has 2 aromatic carbocycles. The molecule has 0 unspecified atom stereocenters. The quantitative estimate of drug-likeness (QED) is 0.329. The Morgan fingerprint density at radius 3 is 2.40 bits per heavy atom. The van der Waals surface area contributed by atoms with E-state index in [2.05, 4.69) is 15.4 Å². The number of carbonyl (C=O) groups is 2. The summed E-state index contributed by atoms with van der Waals surface area (Å²) >= 11 is 6.12. The summed E-state index contributed by atoms with van der Waals surface area (Å²) in [6.45, 7) is 2.64. The Morgan fingerprint density at radius 2 is 1.74 bits per heavy atom. The minimum atomic E-state index is -0.638. The van der Waals surface area contributed by atoms with Gasteiger partial charge in [-0.25, -0.2) is 4.98 Å². The van der Waals surface area contributed by atoms with E-state index in [4.69, 9.17) is 17.3 Å². The predicted octanol–water partition coefficient (Wildman–Crippen LogP) is 4.94. The van der Waals surface area contributed by atoms with Crippen molar-refractivity contribution >= 4 is 23.4 Å². The van der Waals surface area contributed by atoms with E-state index in [1.807, 2.05) is 64.4 Å². The van der Waals surface area contributed by atoms with Crippen molar-refractivity contribution in [2.45, 2.75) is 83.3 Å². The number of amides is 2. The number of hydrogen-bond donors (Lipinski definition) is 2. The van der Waals surface area contributed by atoms with Crippen LogP contribution < -0.4 is 11.1 Å². The van der Waals surface area contributed by atoms with Crippen molar-refractivity contribution in [1.29, 1.82) is 0 Å². The molecule has 42 heavy (non-hydrogen) atoms. The molecule has 0 bridgehead atoms. The van der Waals surface area contributed by atoms with Gasteiger partial charge >= 0.3 is 0 Å². The van der Waals surface area contributed by atoms with Crippen LogP contribution in [0.15, 0.2) is 61.2 Å². The van der Waals surface area contributed by atoms with Gasteiger partial charge in [0.15, 0.2) is 0 Å². The lowest BCUT2D eigenvalue weighted by Crippen LogP contribution is -2.54. The first-order chi connectivity index (χ1) is 20.5. The number of piperidine rings is 1. The summed E-state index contributed by atoms with van der Waals surface area (Å²) in [7, 11) is 0. The zero-order valence-electron chi connectivity index (χ0n) is 24.4. The maximum atomic E-state index is 14.0. The van der Waals surface area contributed by atoms with Gasteiger partial charge in [0, 0.05) is 44.0 Å². The van der Waals surface area contributed by atoms with Crippen LogP contribution in [0.3, 0.4) is 0 Å². The fourth-order valence-electron chi connectivity index (χ4n) is 7.01. The molecule has 2 aliphatic rings. The summed E-state index contributed by atoms with van der Waals surface area (Å²) in [6.07, 6.45) is 12.9. The maximum absolute atomic E-state index is 14.0. The first kappa shape index (κ1) is 30.2. The van der Waals surface area contributed by atoms with Gasteiger partial charge in [0.2, 0.25) is 11.8 Å². The first-order valence-corrected chi connectivity index (χ1v) is 15.8. The molecule has 1 saturated heterocycles. The van der Waals surface area contributed by atoms with Crippen LogP contribution in [0, 0.1) is 11.3 Å².